The van der Waals surface area contributed by atoms with E-state index in [-0.39, 0.29) is 6.61 Å². The first kappa shape index (κ1) is 13.5. The van der Waals surface area contributed by atoms with E-state index in [1.54, 1.807) is 11.8 Å². The lowest BCUT2D eigenvalue weighted by atomic mass is 10.3. The molecule has 0 heterocycles. The van der Waals surface area contributed by atoms with Gasteiger partial charge in [0.15, 0.2) is 0 Å². The van der Waals surface area contributed by atoms with Gasteiger partial charge in [-0.1, -0.05) is 4.89 Å². The molecular formula is C8H9FN2O5S. The maximum Gasteiger partial charge on any atom is 0.306 e. The topological polar surface area (TPSA) is 98.5 Å². The van der Waals surface area contributed by atoms with Crippen molar-refractivity contribution in [1.82, 2.24) is 4.89 Å². The molecule has 0 amide bonds. The Labute approximate surface area is 96.4 Å². The summed E-state index contributed by atoms with van der Waals surface area (Å²) < 4.78 is 36.0. The summed E-state index contributed by atoms with van der Waals surface area (Å²) in [6, 6.07) is 2.24. The molecule has 0 fully saturated rings. The van der Waals surface area contributed by atoms with Crippen LogP contribution < -0.4 is 4.89 Å². The van der Waals surface area contributed by atoms with E-state index in [0.717, 1.165) is 6.07 Å². The molecule has 94 valence electrons. The molecule has 0 bridgehead atoms. The molecule has 1 rings (SSSR count). The van der Waals surface area contributed by atoms with E-state index >= 15 is 0 Å². The summed E-state index contributed by atoms with van der Waals surface area (Å²) >= 11 is 0. The number of nitro groups is 1. The van der Waals surface area contributed by atoms with Crippen molar-refractivity contribution >= 4 is 15.7 Å². The highest BCUT2D eigenvalue weighted by atomic mass is 32.2. The third kappa shape index (κ3) is 3.19. The van der Waals surface area contributed by atoms with Crippen molar-refractivity contribution in [3.05, 3.63) is 34.1 Å². The number of sulfonamides is 1. The summed E-state index contributed by atoms with van der Waals surface area (Å²) in [7, 11) is -4.04. The first-order valence-electron chi connectivity index (χ1n) is 4.46. The number of nitrogens with one attached hydrogen (secondary N) is 1. The number of hydrogen-bond donors (Lipinski definition) is 1. The predicted molar refractivity (Wildman–Crippen MR) is 55.0 cm³/mol. The zero-order valence-electron chi connectivity index (χ0n) is 8.71. The summed E-state index contributed by atoms with van der Waals surface area (Å²) in [6.07, 6.45) is 0. The van der Waals surface area contributed by atoms with Crippen molar-refractivity contribution in [2.24, 2.45) is 0 Å². The van der Waals surface area contributed by atoms with Gasteiger partial charge in [0.25, 0.3) is 10.0 Å². The summed E-state index contributed by atoms with van der Waals surface area (Å²) in [5, 5.41) is 10.4. The van der Waals surface area contributed by atoms with Crippen molar-refractivity contribution in [3.8, 4) is 0 Å². The van der Waals surface area contributed by atoms with Crippen LogP contribution >= 0.6 is 0 Å². The van der Waals surface area contributed by atoms with Crippen LogP contribution in [0, 0.1) is 15.9 Å². The van der Waals surface area contributed by atoms with Gasteiger partial charge in [-0.3, -0.25) is 15.0 Å². The van der Waals surface area contributed by atoms with Crippen LogP contribution in [0.2, 0.25) is 0 Å². The Hall–Kier alpha value is -1.58. The molecule has 0 unspecified atom stereocenters. The Kier molecular flexibility index (Phi) is 4.10. The highest BCUT2D eigenvalue weighted by Gasteiger charge is 2.21. The van der Waals surface area contributed by atoms with Gasteiger partial charge in [0.05, 0.1) is 16.4 Å². The van der Waals surface area contributed by atoms with Crippen molar-refractivity contribution < 1.29 is 22.6 Å². The van der Waals surface area contributed by atoms with Gasteiger partial charge in [-0.15, -0.1) is 0 Å². The van der Waals surface area contributed by atoms with Gasteiger partial charge in [0.1, 0.15) is 0 Å². The predicted octanol–water partition coefficient (Wildman–Crippen LogP) is 0.964. The Morgan fingerprint density at radius 2 is 2.18 bits per heavy atom. The zero-order valence-corrected chi connectivity index (χ0v) is 9.53. The molecule has 0 aliphatic carbocycles. The van der Waals surface area contributed by atoms with E-state index in [1.165, 1.54) is 0 Å². The van der Waals surface area contributed by atoms with E-state index in [4.69, 9.17) is 0 Å². The maximum atomic E-state index is 13.0. The molecule has 0 saturated heterocycles. The number of nitro benzene ring substituents is 1. The molecule has 0 aromatic heterocycles. The third-order valence-corrected chi connectivity index (χ3v) is 2.95. The molecule has 9 heteroatoms. The fraction of sp³-hybridized carbons (Fsp3) is 0.250. The monoisotopic (exact) mass is 264 g/mol. The fourth-order valence-corrected chi connectivity index (χ4v) is 1.87. The summed E-state index contributed by atoms with van der Waals surface area (Å²) in [5.74, 6) is -1.11. The largest absolute Gasteiger partial charge is 0.306 e. The van der Waals surface area contributed by atoms with E-state index in [9.17, 15) is 22.9 Å². The lowest BCUT2D eigenvalue weighted by Crippen LogP contribution is -2.24. The van der Waals surface area contributed by atoms with Gasteiger partial charge in [0, 0.05) is 6.07 Å². The first-order chi connectivity index (χ1) is 7.88. The molecule has 1 N–H and O–H groups in total. The maximum absolute atomic E-state index is 13.0. The molecule has 1 aromatic rings. The molecule has 0 aliphatic rings. The minimum absolute atomic E-state index is 0.0858. The molecular weight excluding hydrogens is 255 g/mol. The Bertz CT molecular complexity index is 531. The number of rotatable bonds is 5. The minimum Gasteiger partial charge on any atom is -0.287 e. The summed E-state index contributed by atoms with van der Waals surface area (Å²) in [4.78, 5) is 15.2. The standard InChI is InChI=1S/C8H9FN2O5S/c1-2-16-10-17(14,15)6-3-4-7(9)8(5-6)11(12)13/h3-5,10H,2H2,1H3. The van der Waals surface area contributed by atoms with Crippen LogP contribution in [0.5, 0.6) is 0 Å². The first-order valence-corrected chi connectivity index (χ1v) is 5.94. The quantitative estimate of drug-likeness (QED) is 0.631. The van der Waals surface area contributed by atoms with Crippen LogP contribution in [-0.4, -0.2) is 19.9 Å². The van der Waals surface area contributed by atoms with Gasteiger partial charge in [-0.2, -0.15) is 4.39 Å². The fourth-order valence-electron chi connectivity index (χ4n) is 0.984. The average molecular weight is 264 g/mol. The normalized spacial score (nSPS) is 11.4. The average Bonchev–Trinajstić information content (AvgIpc) is 2.26. The second-order valence-corrected chi connectivity index (χ2v) is 4.54. The SMILES string of the molecule is CCONS(=O)(=O)c1ccc(F)c([N+](=O)[O-])c1. The second kappa shape index (κ2) is 5.17. The molecule has 0 saturated carbocycles. The van der Waals surface area contributed by atoms with E-state index in [1.807, 2.05) is 0 Å². The molecule has 0 radical (unpaired) electrons. The molecule has 0 atom stereocenters. The second-order valence-electron chi connectivity index (χ2n) is 2.89. The van der Waals surface area contributed by atoms with Gasteiger partial charge in [-0.05, 0) is 19.1 Å². The van der Waals surface area contributed by atoms with Crippen LogP contribution in [0.4, 0.5) is 10.1 Å². The van der Waals surface area contributed by atoms with E-state index in [2.05, 4.69) is 4.84 Å². The number of benzene rings is 1. The van der Waals surface area contributed by atoms with Crippen LogP contribution in [0.15, 0.2) is 23.1 Å². The Morgan fingerprint density at radius 3 is 2.71 bits per heavy atom. The zero-order chi connectivity index (χ0) is 13.1. The third-order valence-electron chi connectivity index (χ3n) is 1.74. The van der Waals surface area contributed by atoms with Gasteiger partial charge >= 0.3 is 5.69 Å². The molecule has 17 heavy (non-hydrogen) atoms. The summed E-state index contributed by atoms with van der Waals surface area (Å²) in [5.41, 5.74) is -0.913. The van der Waals surface area contributed by atoms with Gasteiger partial charge in [-0.25, -0.2) is 8.42 Å². The van der Waals surface area contributed by atoms with Crippen molar-refractivity contribution in [3.63, 3.8) is 0 Å². The van der Waals surface area contributed by atoms with Crippen molar-refractivity contribution in [2.75, 3.05) is 6.61 Å². The Balaban J connectivity index is 3.16. The molecule has 1 aromatic carbocycles. The number of nitrogens with zero attached hydrogens (tertiary/aromatic N) is 1. The minimum atomic E-state index is -4.04. The smallest absolute Gasteiger partial charge is 0.287 e. The highest BCUT2D eigenvalue weighted by molar-refractivity contribution is 7.89. The van der Waals surface area contributed by atoms with Crippen LogP contribution in [0.1, 0.15) is 6.92 Å². The van der Waals surface area contributed by atoms with Crippen LogP contribution in [0.25, 0.3) is 0 Å². The molecule has 7 nitrogen and oxygen atoms in total. The van der Waals surface area contributed by atoms with Crippen molar-refractivity contribution in [1.29, 1.82) is 0 Å². The summed E-state index contributed by atoms with van der Waals surface area (Å²) in [6.45, 7) is 1.64. The Morgan fingerprint density at radius 1 is 1.53 bits per heavy atom. The van der Waals surface area contributed by atoms with E-state index < -0.39 is 31.3 Å². The number of halogens is 1. The highest BCUT2D eigenvalue weighted by Crippen LogP contribution is 2.21. The van der Waals surface area contributed by atoms with Crippen LogP contribution in [0.3, 0.4) is 0 Å². The van der Waals surface area contributed by atoms with E-state index in [0.29, 0.717) is 12.1 Å². The lowest BCUT2D eigenvalue weighted by molar-refractivity contribution is -0.387. The van der Waals surface area contributed by atoms with Crippen molar-refractivity contribution in [2.45, 2.75) is 11.8 Å². The number of hydrogen-bond acceptors (Lipinski definition) is 5. The molecule has 0 aliphatic heterocycles. The molecule has 0 spiro atoms. The van der Waals surface area contributed by atoms with Crippen LogP contribution in [-0.2, 0) is 14.9 Å². The lowest BCUT2D eigenvalue weighted by Gasteiger charge is -2.05. The van der Waals surface area contributed by atoms with Gasteiger partial charge < -0.3 is 0 Å². The van der Waals surface area contributed by atoms with Gasteiger partial charge in [0.2, 0.25) is 5.82 Å².